The number of carbonyl (C=O) groups excluding carboxylic acids is 1. The molecular weight excluding hydrogens is 258 g/mol. The van der Waals surface area contributed by atoms with Gasteiger partial charge in [0.2, 0.25) is 5.91 Å². The summed E-state index contributed by atoms with van der Waals surface area (Å²) in [5, 5.41) is 4.09. The van der Waals surface area contributed by atoms with Gasteiger partial charge in [-0.05, 0) is 12.8 Å². The lowest BCUT2D eigenvalue weighted by Crippen LogP contribution is -2.27. The molecule has 0 atom stereocenters. The highest BCUT2D eigenvalue weighted by atomic mass is 32.1. The van der Waals surface area contributed by atoms with E-state index in [1.54, 1.807) is 0 Å². The maximum absolute atomic E-state index is 11.9. The first-order valence-corrected chi connectivity index (χ1v) is 7.18. The van der Waals surface area contributed by atoms with Gasteiger partial charge in [-0.15, -0.1) is 0 Å². The van der Waals surface area contributed by atoms with Crippen LogP contribution in [-0.4, -0.2) is 10.9 Å². The Kier molecular flexibility index (Phi) is 3.21. The molecule has 0 unspecified atom stereocenters. The molecule has 3 N–H and O–H groups in total. The fourth-order valence-corrected chi connectivity index (χ4v) is 2.82. The summed E-state index contributed by atoms with van der Waals surface area (Å²) in [5.74, 6) is 0.227. The van der Waals surface area contributed by atoms with Gasteiger partial charge in [-0.3, -0.25) is 4.79 Å². The molecule has 3 rings (SSSR count). The molecule has 1 saturated carbocycles. The zero-order chi connectivity index (χ0) is 13.2. The number of carbonyl (C=O) groups is 1. The second-order valence-corrected chi connectivity index (χ2v) is 5.75. The van der Waals surface area contributed by atoms with Crippen molar-refractivity contribution in [1.29, 1.82) is 0 Å². The number of rotatable bonds is 3. The maximum atomic E-state index is 11.9. The normalized spacial score (nSPS) is 14.9. The molecule has 5 heteroatoms. The van der Waals surface area contributed by atoms with Gasteiger partial charge < -0.3 is 11.1 Å². The number of nitrogens with one attached hydrogen (secondary N) is 1. The third-order valence-electron chi connectivity index (χ3n) is 3.41. The first-order valence-electron chi connectivity index (χ1n) is 6.36. The van der Waals surface area contributed by atoms with Crippen LogP contribution in [0.3, 0.4) is 0 Å². The third-order valence-corrected chi connectivity index (χ3v) is 4.21. The highest BCUT2D eigenvalue weighted by Crippen LogP contribution is 2.34. The van der Waals surface area contributed by atoms with Crippen LogP contribution >= 0.6 is 11.3 Å². The van der Waals surface area contributed by atoms with Crippen molar-refractivity contribution in [2.75, 3.05) is 11.1 Å². The SMILES string of the molecule is Nc1sc(NC(=O)C2CCC2)nc1-c1ccccc1. The molecule has 0 radical (unpaired) electrons. The number of hydrogen-bond acceptors (Lipinski definition) is 4. The number of amides is 1. The largest absolute Gasteiger partial charge is 0.389 e. The van der Waals surface area contributed by atoms with Gasteiger partial charge in [-0.1, -0.05) is 48.1 Å². The first-order chi connectivity index (χ1) is 9.24. The Hall–Kier alpha value is -1.88. The van der Waals surface area contributed by atoms with Crippen LogP contribution in [0.4, 0.5) is 10.1 Å². The predicted molar refractivity (Wildman–Crippen MR) is 77.9 cm³/mol. The molecular formula is C14H15N3OS. The summed E-state index contributed by atoms with van der Waals surface area (Å²) in [4.78, 5) is 16.3. The molecule has 1 aliphatic rings. The van der Waals surface area contributed by atoms with E-state index in [1.807, 2.05) is 30.3 Å². The lowest BCUT2D eigenvalue weighted by Gasteiger charge is -2.23. The standard InChI is InChI=1S/C14H15N3OS/c15-12-11(9-5-2-1-3-6-9)16-14(19-12)17-13(18)10-7-4-8-10/h1-3,5-6,10H,4,7-8,15H2,(H,16,17,18). The fraction of sp³-hybridized carbons (Fsp3) is 0.286. The molecule has 98 valence electrons. The minimum absolute atomic E-state index is 0.0691. The molecule has 1 aromatic carbocycles. The van der Waals surface area contributed by atoms with Gasteiger partial charge in [-0.2, -0.15) is 0 Å². The summed E-state index contributed by atoms with van der Waals surface area (Å²) in [5.41, 5.74) is 7.69. The number of aromatic nitrogens is 1. The van der Waals surface area contributed by atoms with E-state index in [4.69, 9.17) is 5.73 Å². The van der Waals surface area contributed by atoms with Crippen molar-refractivity contribution >= 4 is 27.4 Å². The van der Waals surface area contributed by atoms with E-state index >= 15 is 0 Å². The van der Waals surface area contributed by atoms with E-state index in [9.17, 15) is 4.79 Å². The monoisotopic (exact) mass is 273 g/mol. The highest BCUT2D eigenvalue weighted by molar-refractivity contribution is 7.20. The maximum Gasteiger partial charge on any atom is 0.229 e. The number of thiazole rings is 1. The van der Waals surface area contributed by atoms with Crippen molar-refractivity contribution in [1.82, 2.24) is 4.98 Å². The summed E-state index contributed by atoms with van der Waals surface area (Å²) in [6.07, 6.45) is 3.11. The van der Waals surface area contributed by atoms with Gasteiger partial charge in [0.1, 0.15) is 10.7 Å². The quantitative estimate of drug-likeness (QED) is 0.902. The number of nitrogens with zero attached hydrogens (tertiary/aromatic N) is 1. The lowest BCUT2D eigenvalue weighted by atomic mass is 9.85. The Morgan fingerprint density at radius 2 is 2.05 bits per heavy atom. The molecule has 0 saturated heterocycles. The second-order valence-electron chi connectivity index (χ2n) is 4.71. The molecule has 19 heavy (non-hydrogen) atoms. The Balaban J connectivity index is 1.79. The van der Waals surface area contributed by atoms with Crippen molar-refractivity contribution in [3.8, 4) is 11.3 Å². The molecule has 2 aromatic rings. The first kappa shape index (κ1) is 12.2. The Labute approximate surface area is 115 Å². The van der Waals surface area contributed by atoms with Crippen molar-refractivity contribution in [3.05, 3.63) is 30.3 Å². The van der Waals surface area contributed by atoms with Gasteiger partial charge in [0.15, 0.2) is 5.13 Å². The second kappa shape index (κ2) is 5.01. The van der Waals surface area contributed by atoms with E-state index < -0.39 is 0 Å². The van der Waals surface area contributed by atoms with Crippen LogP contribution in [0.15, 0.2) is 30.3 Å². The Morgan fingerprint density at radius 1 is 1.32 bits per heavy atom. The third kappa shape index (κ3) is 2.46. The average Bonchev–Trinajstić information content (AvgIpc) is 2.69. The number of nitrogens with two attached hydrogens (primary N) is 1. The number of hydrogen-bond donors (Lipinski definition) is 2. The van der Waals surface area contributed by atoms with Crippen molar-refractivity contribution in [2.24, 2.45) is 5.92 Å². The molecule has 1 aromatic heterocycles. The molecule has 0 bridgehead atoms. The van der Waals surface area contributed by atoms with Gasteiger partial charge >= 0.3 is 0 Å². The van der Waals surface area contributed by atoms with E-state index in [1.165, 1.54) is 11.3 Å². The van der Waals surface area contributed by atoms with Gasteiger partial charge in [0.05, 0.1) is 0 Å². The smallest absolute Gasteiger partial charge is 0.229 e. The molecule has 4 nitrogen and oxygen atoms in total. The van der Waals surface area contributed by atoms with Crippen molar-refractivity contribution in [3.63, 3.8) is 0 Å². The zero-order valence-electron chi connectivity index (χ0n) is 10.4. The fourth-order valence-electron chi connectivity index (χ4n) is 2.07. The Morgan fingerprint density at radius 3 is 2.68 bits per heavy atom. The molecule has 0 aliphatic heterocycles. The number of anilines is 2. The average molecular weight is 273 g/mol. The Bertz CT molecular complexity index is 590. The zero-order valence-corrected chi connectivity index (χ0v) is 11.2. The van der Waals surface area contributed by atoms with Crippen molar-refractivity contribution in [2.45, 2.75) is 19.3 Å². The van der Waals surface area contributed by atoms with E-state index in [2.05, 4.69) is 10.3 Å². The lowest BCUT2D eigenvalue weighted by molar-refractivity contribution is -0.122. The molecule has 1 amide bonds. The summed E-state index contributed by atoms with van der Waals surface area (Å²) in [6, 6.07) is 9.76. The minimum atomic E-state index is 0.0691. The van der Waals surface area contributed by atoms with Crippen LogP contribution in [0.1, 0.15) is 19.3 Å². The van der Waals surface area contributed by atoms with E-state index in [-0.39, 0.29) is 11.8 Å². The summed E-state index contributed by atoms with van der Waals surface area (Å²) in [7, 11) is 0. The van der Waals surface area contributed by atoms with E-state index in [0.29, 0.717) is 10.1 Å². The topological polar surface area (TPSA) is 68.0 Å². The van der Waals surface area contributed by atoms with Gasteiger partial charge in [-0.25, -0.2) is 4.98 Å². The van der Waals surface area contributed by atoms with Crippen molar-refractivity contribution < 1.29 is 4.79 Å². The van der Waals surface area contributed by atoms with Crippen LogP contribution < -0.4 is 11.1 Å². The van der Waals surface area contributed by atoms with Crippen LogP contribution in [0, 0.1) is 5.92 Å². The van der Waals surface area contributed by atoms with Crippen LogP contribution in [0.25, 0.3) is 11.3 Å². The summed E-state index contributed by atoms with van der Waals surface area (Å²) >= 11 is 1.32. The number of nitrogen functional groups attached to an aromatic ring is 1. The predicted octanol–water partition coefficient (Wildman–Crippen LogP) is 3.13. The molecule has 0 spiro atoms. The highest BCUT2D eigenvalue weighted by Gasteiger charge is 2.26. The van der Waals surface area contributed by atoms with Crippen LogP contribution in [0.2, 0.25) is 0 Å². The molecule has 1 heterocycles. The molecule has 1 fully saturated rings. The number of benzene rings is 1. The minimum Gasteiger partial charge on any atom is -0.389 e. The summed E-state index contributed by atoms with van der Waals surface area (Å²) in [6.45, 7) is 0. The van der Waals surface area contributed by atoms with Crippen LogP contribution in [0.5, 0.6) is 0 Å². The van der Waals surface area contributed by atoms with Gasteiger partial charge in [0, 0.05) is 11.5 Å². The molecule has 1 aliphatic carbocycles. The van der Waals surface area contributed by atoms with Gasteiger partial charge in [0.25, 0.3) is 0 Å². The van der Waals surface area contributed by atoms with Crippen LogP contribution in [-0.2, 0) is 4.79 Å². The summed E-state index contributed by atoms with van der Waals surface area (Å²) < 4.78 is 0. The van der Waals surface area contributed by atoms with E-state index in [0.717, 1.165) is 30.5 Å².